The van der Waals surface area contributed by atoms with Crippen LogP contribution in [0.1, 0.15) is 27.6 Å². The fourth-order valence-electron chi connectivity index (χ4n) is 1.60. The molecule has 0 aromatic heterocycles. The normalized spacial score (nSPS) is 10.3. The van der Waals surface area contributed by atoms with E-state index >= 15 is 0 Å². The largest absolute Gasteiger partial charge is 0.465 e. The Morgan fingerprint density at radius 1 is 1.12 bits per heavy atom. The molecular weight excluding hydrogens is 318 g/mol. The average Bonchev–Trinajstić information content (AvgIpc) is 2.60. The summed E-state index contributed by atoms with van der Waals surface area (Å²) in [7, 11) is 2.37. The van der Waals surface area contributed by atoms with E-state index in [0.29, 0.717) is 0 Å². The van der Waals surface area contributed by atoms with Gasteiger partial charge in [-0.25, -0.2) is 14.4 Å². The van der Waals surface area contributed by atoms with E-state index in [1.54, 1.807) is 13.0 Å². The number of carbonyl (C=O) groups excluding carboxylic acids is 3. The van der Waals surface area contributed by atoms with E-state index in [1.165, 1.54) is 32.4 Å². The van der Waals surface area contributed by atoms with Crippen molar-refractivity contribution in [3.05, 3.63) is 29.3 Å². The Morgan fingerprint density at radius 3 is 2.08 bits per heavy atom. The Labute approximate surface area is 137 Å². The number of rotatable bonds is 6. The highest BCUT2D eigenvalue weighted by molar-refractivity contribution is 6.43. The number of hydrogen-bond donors (Lipinski definition) is 1. The Hall–Kier alpha value is -3.41. The molecule has 24 heavy (non-hydrogen) atoms. The summed E-state index contributed by atoms with van der Waals surface area (Å²) >= 11 is 0. The molecule has 9 nitrogen and oxygen atoms in total. The van der Waals surface area contributed by atoms with Gasteiger partial charge in [0.05, 0.1) is 37.6 Å². The summed E-state index contributed by atoms with van der Waals surface area (Å²) in [5, 5.41) is 12.5. The summed E-state index contributed by atoms with van der Waals surface area (Å²) in [6.45, 7) is 1.67. The van der Waals surface area contributed by atoms with Gasteiger partial charge >= 0.3 is 17.9 Å². The molecular formula is C15H15N3O6. The Morgan fingerprint density at radius 2 is 1.67 bits per heavy atom. The molecule has 0 fully saturated rings. The molecule has 1 aromatic carbocycles. The maximum absolute atomic E-state index is 11.7. The first-order valence-corrected chi connectivity index (χ1v) is 6.69. The Kier molecular flexibility index (Phi) is 6.91. The van der Waals surface area contributed by atoms with E-state index in [-0.39, 0.29) is 23.4 Å². The zero-order chi connectivity index (χ0) is 18.1. The number of methoxy groups -OCH3 is 2. The first-order valence-electron chi connectivity index (χ1n) is 6.69. The molecule has 0 amide bonds. The van der Waals surface area contributed by atoms with Crippen molar-refractivity contribution in [1.82, 2.24) is 0 Å². The van der Waals surface area contributed by atoms with Crippen molar-refractivity contribution < 1.29 is 28.6 Å². The molecule has 0 saturated carbocycles. The van der Waals surface area contributed by atoms with Crippen LogP contribution in [-0.4, -0.2) is 44.4 Å². The molecule has 0 aliphatic heterocycles. The third-order valence-corrected chi connectivity index (χ3v) is 2.65. The van der Waals surface area contributed by atoms with Crippen LogP contribution in [-0.2, 0) is 19.0 Å². The second-order valence-electron chi connectivity index (χ2n) is 4.19. The fourth-order valence-corrected chi connectivity index (χ4v) is 1.60. The van der Waals surface area contributed by atoms with Gasteiger partial charge in [0.1, 0.15) is 6.07 Å². The fraction of sp³-hybridized carbons (Fsp3) is 0.267. The van der Waals surface area contributed by atoms with Gasteiger partial charge in [0, 0.05) is 0 Å². The first kappa shape index (κ1) is 18.6. The van der Waals surface area contributed by atoms with Gasteiger partial charge in [-0.1, -0.05) is 0 Å². The van der Waals surface area contributed by atoms with Crippen LogP contribution in [0.15, 0.2) is 23.3 Å². The summed E-state index contributed by atoms with van der Waals surface area (Å²) in [5.41, 5.74) is 2.21. The quantitative estimate of drug-likeness (QED) is 0.355. The maximum Gasteiger partial charge on any atom is 0.369 e. The summed E-state index contributed by atoms with van der Waals surface area (Å²) in [5.74, 6) is -2.26. The highest BCUT2D eigenvalue weighted by Gasteiger charge is 2.15. The molecule has 0 spiro atoms. The van der Waals surface area contributed by atoms with Gasteiger partial charge in [0.25, 0.3) is 0 Å². The number of nitrogens with one attached hydrogen (secondary N) is 1. The third kappa shape index (κ3) is 4.81. The lowest BCUT2D eigenvalue weighted by atomic mass is 10.1. The van der Waals surface area contributed by atoms with Gasteiger partial charge in [-0.05, 0) is 25.1 Å². The van der Waals surface area contributed by atoms with E-state index in [4.69, 9.17) is 5.26 Å². The monoisotopic (exact) mass is 333 g/mol. The van der Waals surface area contributed by atoms with Crippen LogP contribution >= 0.6 is 0 Å². The summed E-state index contributed by atoms with van der Waals surface area (Å²) < 4.78 is 13.9. The second kappa shape index (κ2) is 8.89. The second-order valence-corrected chi connectivity index (χ2v) is 4.19. The molecule has 0 heterocycles. The number of anilines is 1. The minimum atomic E-state index is -0.898. The van der Waals surface area contributed by atoms with E-state index < -0.39 is 23.6 Å². The molecule has 1 N–H and O–H groups in total. The smallest absolute Gasteiger partial charge is 0.369 e. The number of nitriles is 1. The van der Waals surface area contributed by atoms with Crippen molar-refractivity contribution in [3.8, 4) is 6.07 Å². The topological polar surface area (TPSA) is 127 Å². The molecule has 126 valence electrons. The standard InChI is InChI=1S/C15H15N3O6/c1-4-24-15(21)12(8-16)18-17-11-6-9(13(19)22-2)5-10(7-11)14(20)23-3/h5-7,17H,4H2,1-3H3/b18-12+. The Bertz CT molecular complexity index is 686. The number of esters is 3. The predicted octanol–water partition coefficient (Wildman–Crippen LogP) is 1.11. The van der Waals surface area contributed by atoms with Crippen molar-refractivity contribution >= 4 is 29.3 Å². The molecule has 0 unspecified atom stereocenters. The SMILES string of the molecule is CCOC(=O)/C(C#N)=N/Nc1cc(C(=O)OC)cc(C(=O)OC)c1. The molecule has 1 aromatic rings. The molecule has 0 radical (unpaired) electrons. The number of hydrazone groups is 1. The highest BCUT2D eigenvalue weighted by Crippen LogP contribution is 2.17. The molecule has 0 atom stereocenters. The van der Waals surface area contributed by atoms with Crippen LogP contribution in [0.4, 0.5) is 5.69 Å². The molecule has 0 aliphatic rings. The van der Waals surface area contributed by atoms with E-state index in [2.05, 4.69) is 24.7 Å². The average molecular weight is 333 g/mol. The summed E-state index contributed by atoms with van der Waals surface area (Å²) in [6.07, 6.45) is 0. The summed E-state index contributed by atoms with van der Waals surface area (Å²) in [6, 6.07) is 5.54. The molecule has 0 aliphatic carbocycles. The molecule has 1 rings (SSSR count). The van der Waals surface area contributed by atoms with Crippen molar-refractivity contribution in [2.75, 3.05) is 26.3 Å². The van der Waals surface area contributed by atoms with Crippen molar-refractivity contribution in [1.29, 1.82) is 5.26 Å². The number of ether oxygens (including phenoxy) is 3. The van der Waals surface area contributed by atoms with Crippen LogP contribution in [0.2, 0.25) is 0 Å². The van der Waals surface area contributed by atoms with Crippen LogP contribution < -0.4 is 5.43 Å². The van der Waals surface area contributed by atoms with Crippen molar-refractivity contribution in [2.45, 2.75) is 6.92 Å². The maximum atomic E-state index is 11.7. The lowest BCUT2D eigenvalue weighted by Gasteiger charge is -2.07. The van der Waals surface area contributed by atoms with Gasteiger partial charge in [-0.3, -0.25) is 5.43 Å². The number of benzene rings is 1. The van der Waals surface area contributed by atoms with E-state index in [1.807, 2.05) is 0 Å². The molecule has 0 bridgehead atoms. The number of nitrogens with zero attached hydrogens (tertiary/aromatic N) is 2. The van der Waals surface area contributed by atoms with Gasteiger partial charge in [-0.15, -0.1) is 0 Å². The van der Waals surface area contributed by atoms with Crippen molar-refractivity contribution in [3.63, 3.8) is 0 Å². The number of carbonyl (C=O) groups is 3. The highest BCUT2D eigenvalue weighted by atomic mass is 16.5. The molecule has 0 saturated heterocycles. The zero-order valence-electron chi connectivity index (χ0n) is 13.3. The minimum absolute atomic E-state index is 0.0627. The molecule has 9 heteroatoms. The van der Waals surface area contributed by atoms with Crippen LogP contribution in [0, 0.1) is 11.3 Å². The Balaban J connectivity index is 3.18. The zero-order valence-corrected chi connectivity index (χ0v) is 13.3. The third-order valence-electron chi connectivity index (χ3n) is 2.65. The van der Waals surface area contributed by atoms with E-state index in [9.17, 15) is 14.4 Å². The summed E-state index contributed by atoms with van der Waals surface area (Å²) in [4.78, 5) is 34.8. The van der Waals surface area contributed by atoms with Gasteiger partial charge < -0.3 is 14.2 Å². The lowest BCUT2D eigenvalue weighted by molar-refractivity contribution is -0.134. The van der Waals surface area contributed by atoms with Crippen LogP contribution in [0.3, 0.4) is 0 Å². The first-order chi connectivity index (χ1) is 11.5. The number of hydrogen-bond acceptors (Lipinski definition) is 9. The van der Waals surface area contributed by atoms with Crippen LogP contribution in [0.5, 0.6) is 0 Å². The van der Waals surface area contributed by atoms with Crippen LogP contribution in [0.25, 0.3) is 0 Å². The lowest BCUT2D eigenvalue weighted by Crippen LogP contribution is -2.17. The van der Waals surface area contributed by atoms with Gasteiger partial charge in [-0.2, -0.15) is 10.4 Å². The van der Waals surface area contributed by atoms with Gasteiger partial charge in [0.2, 0.25) is 5.71 Å². The van der Waals surface area contributed by atoms with Gasteiger partial charge in [0.15, 0.2) is 0 Å². The van der Waals surface area contributed by atoms with E-state index in [0.717, 1.165) is 0 Å². The minimum Gasteiger partial charge on any atom is -0.465 e. The van der Waals surface area contributed by atoms with Crippen molar-refractivity contribution in [2.24, 2.45) is 5.10 Å². The predicted molar refractivity (Wildman–Crippen MR) is 82.4 cm³/mol.